The molecule has 33 heavy (non-hydrogen) atoms. The number of nitrogens with zero attached hydrogens (tertiary/aromatic N) is 5. The van der Waals surface area contributed by atoms with E-state index in [2.05, 4.69) is 34.4 Å². The molecule has 168 valence electrons. The van der Waals surface area contributed by atoms with E-state index < -0.39 is 5.91 Å². The van der Waals surface area contributed by atoms with E-state index in [0.717, 1.165) is 54.4 Å². The summed E-state index contributed by atoms with van der Waals surface area (Å²) >= 11 is 0. The summed E-state index contributed by atoms with van der Waals surface area (Å²) in [6.07, 6.45) is 3.80. The first-order valence-electron chi connectivity index (χ1n) is 11.1. The van der Waals surface area contributed by atoms with Gasteiger partial charge in [0.05, 0.1) is 17.0 Å². The monoisotopic (exact) mass is 441 g/mol. The topological polar surface area (TPSA) is 101 Å². The van der Waals surface area contributed by atoms with Crippen molar-refractivity contribution in [2.45, 2.75) is 32.9 Å². The fraction of sp³-hybridized carbons (Fsp3) is 0.280. The summed E-state index contributed by atoms with van der Waals surface area (Å²) in [5.41, 5.74) is 11.4. The normalized spacial score (nSPS) is 14.1. The van der Waals surface area contributed by atoms with Gasteiger partial charge in [-0.2, -0.15) is 0 Å². The van der Waals surface area contributed by atoms with Crippen LogP contribution < -0.4 is 11.1 Å². The van der Waals surface area contributed by atoms with Crippen LogP contribution in [0.15, 0.2) is 48.7 Å². The van der Waals surface area contributed by atoms with Gasteiger partial charge < -0.3 is 16.0 Å². The van der Waals surface area contributed by atoms with Crippen molar-refractivity contribution < 1.29 is 4.79 Å². The van der Waals surface area contributed by atoms with Gasteiger partial charge in [-0.15, -0.1) is 0 Å². The molecule has 5 rings (SSSR count). The molecule has 0 fully saturated rings. The van der Waals surface area contributed by atoms with Crippen LogP contribution in [0.3, 0.4) is 0 Å². The van der Waals surface area contributed by atoms with Crippen molar-refractivity contribution in [3.8, 4) is 11.5 Å². The Balaban J connectivity index is 1.64. The Morgan fingerprint density at radius 1 is 1.12 bits per heavy atom. The molecule has 3 aromatic heterocycles. The summed E-state index contributed by atoms with van der Waals surface area (Å²) in [6.45, 7) is 4.39. The molecule has 0 saturated carbocycles. The number of aromatic nitrogens is 4. The van der Waals surface area contributed by atoms with Crippen molar-refractivity contribution >= 4 is 17.4 Å². The highest BCUT2D eigenvalue weighted by atomic mass is 16.1. The Morgan fingerprint density at radius 3 is 2.73 bits per heavy atom. The van der Waals surface area contributed by atoms with Gasteiger partial charge in [-0.05, 0) is 51.1 Å². The molecule has 0 unspecified atom stereocenters. The van der Waals surface area contributed by atoms with Gasteiger partial charge in [0, 0.05) is 24.8 Å². The van der Waals surface area contributed by atoms with Crippen molar-refractivity contribution in [1.29, 1.82) is 0 Å². The minimum absolute atomic E-state index is 0.380. The van der Waals surface area contributed by atoms with Crippen LogP contribution in [0.4, 0.5) is 5.82 Å². The minimum Gasteiger partial charge on any atom is -0.366 e. The number of amides is 1. The van der Waals surface area contributed by atoms with Crippen LogP contribution in [0.25, 0.3) is 17.2 Å². The number of hydrogen-bond acceptors (Lipinski definition) is 6. The van der Waals surface area contributed by atoms with Crippen LogP contribution in [0.1, 0.15) is 39.3 Å². The zero-order chi connectivity index (χ0) is 22.9. The highest BCUT2D eigenvalue weighted by Gasteiger charge is 2.23. The number of rotatable bonds is 5. The third-order valence-corrected chi connectivity index (χ3v) is 6.08. The summed E-state index contributed by atoms with van der Waals surface area (Å²) in [4.78, 5) is 28.8. The van der Waals surface area contributed by atoms with Crippen molar-refractivity contribution in [1.82, 2.24) is 24.3 Å². The molecule has 4 aromatic rings. The third kappa shape index (κ3) is 4.05. The van der Waals surface area contributed by atoms with Crippen LogP contribution in [-0.2, 0) is 19.5 Å². The maximum absolute atomic E-state index is 11.9. The number of pyridine rings is 1. The quantitative estimate of drug-likeness (QED) is 0.493. The molecule has 1 amide bonds. The lowest BCUT2D eigenvalue weighted by molar-refractivity contribution is 0.100. The Labute approximate surface area is 192 Å². The van der Waals surface area contributed by atoms with Crippen molar-refractivity contribution in [2.75, 3.05) is 18.9 Å². The van der Waals surface area contributed by atoms with Gasteiger partial charge in [-0.25, -0.2) is 15.0 Å². The van der Waals surface area contributed by atoms with Crippen molar-refractivity contribution in [2.24, 2.45) is 5.73 Å². The number of nitrogens with two attached hydrogens (primary N) is 1. The number of hydrogen-bond donors (Lipinski definition) is 2. The minimum atomic E-state index is -0.506. The van der Waals surface area contributed by atoms with Gasteiger partial charge in [-0.3, -0.25) is 9.20 Å². The lowest BCUT2D eigenvalue weighted by atomic mass is 10.1. The molecule has 1 aliphatic rings. The van der Waals surface area contributed by atoms with Gasteiger partial charge in [0.15, 0.2) is 5.82 Å². The lowest BCUT2D eigenvalue weighted by Crippen LogP contribution is -2.19. The van der Waals surface area contributed by atoms with Crippen molar-refractivity contribution in [3.05, 3.63) is 76.7 Å². The second-order valence-corrected chi connectivity index (χ2v) is 8.53. The van der Waals surface area contributed by atoms with Gasteiger partial charge >= 0.3 is 0 Å². The number of carbonyl (C=O) groups is 1. The van der Waals surface area contributed by atoms with E-state index in [1.807, 2.05) is 35.7 Å². The van der Waals surface area contributed by atoms with Crippen LogP contribution in [0.5, 0.6) is 0 Å². The highest BCUT2D eigenvalue weighted by Crippen LogP contribution is 2.29. The van der Waals surface area contributed by atoms with Crippen LogP contribution in [0.2, 0.25) is 0 Å². The molecule has 4 heterocycles. The summed E-state index contributed by atoms with van der Waals surface area (Å²) < 4.78 is 1.86. The Bertz CT molecular complexity index is 1330. The van der Waals surface area contributed by atoms with Gasteiger partial charge in [-0.1, -0.05) is 30.3 Å². The first-order valence-corrected chi connectivity index (χ1v) is 11.1. The second kappa shape index (κ2) is 8.63. The number of imidazole rings is 1. The fourth-order valence-electron chi connectivity index (χ4n) is 4.45. The smallest absolute Gasteiger partial charge is 0.252 e. The van der Waals surface area contributed by atoms with Crippen LogP contribution >= 0.6 is 0 Å². The van der Waals surface area contributed by atoms with Gasteiger partial charge in [0.1, 0.15) is 17.2 Å². The van der Waals surface area contributed by atoms with Gasteiger partial charge in [0.2, 0.25) is 0 Å². The number of primary amides is 1. The standard InChI is InChI=1S/C25H27N7O/c1-16-21(32-13-6-10-18(22(26)33)25(32)28-16)24-29-20-11-7-12-31(2)15-19(20)23(30-24)27-14-17-8-4-3-5-9-17/h3-6,8-10,13H,7,11-12,14-15H2,1-2H3,(H2,26,33)(H,27,29,30). The van der Waals surface area contributed by atoms with Crippen LogP contribution in [0, 0.1) is 6.92 Å². The van der Waals surface area contributed by atoms with Crippen LogP contribution in [-0.4, -0.2) is 43.8 Å². The first-order chi connectivity index (χ1) is 16.0. The predicted octanol–water partition coefficient (Wildman–Crippen LogP) is 3.19. The summed E-state index contributed by atoms with van der Waals surface area (Å²) in [5.74, 6) is 0.932. The van der Waals surface area contributed by atoms with E-state index in [1.165, 1.54) is 5.56 Å². The highest BCUT2D eigenvalue weighted by molar-refractivity contribution is 5.99. The zero-order valence-corrected chi connectivity index (χ0v) is 18.9. The number of anilines is 1. The average Bonchev–Trinajstić information content (AvgIpc) is 3.02. The Hall–Kier alpha value is -3.78. The number of carbonyl (C=O) groups excluding carboxylic acids is 1. The molecule has 0 radical (unpaired) electrons. The van der Waals surface area contributed by atoms with Gasteiger partial charge in [0.25, 0.3) is 5.91 Å². The Morgan fingerprint density at radius 2 is 1.94 bits per heavy atom. The van der Waals surface area contributed by atoms with E-state index in [-0.39, 0.29) is 0 Å². The van der Waals surface area contributed by atoms with E-state index in [1.54, 1.807) is 12.1 Å². The van der Waals surface area contributed by atoms with E-state index in [0.29, 0.717) is 23.6 Å². The molecule has 1 aromatic carbocycles. The molecule has 0 spiro atoms. The molecular formula is C25H27N7O. The molecule has 8 nitrogen and oxygen atoms in total. The fourth-order valence-corrected chi connectivity index (χ4v) is 4.45. The number of fused-ring (bicyclic) bond motifs is 2. The number of aryl methyl sites for hydroxylation is 2. The maximum Gasteiger partial charge on any atom is 0.252 e. The molecule has 3 N–H and O–H groups in total. The molecule has 8 heteroatoms. The summed E-state index contributed by atoms with van der Waals surface area (Å²) in [5, 5.41) is 3.56. The maximum atomic E-state index is 11.9. The summed E-state index contributed by atoms with van der Waals surface area (Å²) in [7, 11) is 2.13. The van der Waals surface area contributed by atoms with Crippen molar-refractivity contribution in [3.63, 3.8) is 0 Å². The average molecular weight is 442 g/mol. The van der Waals surface area contributed by atoms with E-state index in [4.69, 9.17) is 15.7 Å². The molecule has 0 bridgehead atoms. The molecule has 0 saturated heterocycles. The molecular weight excluding hydrogens is 414 g/mol. The first kappa shape index (κ1) is 21.1. The molecule has 1 aliphatic heterocycles. The van der Waals surface area contributed by atoms with E-state index >= 15 is 0 Å². The zero-order valence-electron chi connectivity index (χ0n) is 18.9. The lowest BCUT2D eigenvalue weighted by Gasteiger charge is -2.18. The Kier molecular flexibility index (Phi) is 5.51. The molecule has 0 atom stereocenters. The number of benzene rings is 1. The summed E-state index contributed by atoms with van der Waals surface area (Å²) in [6, 6.07) is 13.8. The molecule has 0 aliphatic carbocycles. The predicted molar refractivity (Wildman–Crippen MR) is 128 cm³/mol. The second-order valence-electron chi connectivity index (χ2n) is 8.53. The number of nitrogens with one attached hydrogen (secondary N) is 1. The van der Waals surface area contributed by atoms with E-state index in [9.17, 15) is 4.79 Å². The SMILES string of the molecule is Cc1nc2c(C(N)=O)cccn2c1-c1nc2c(c(NCc3ccccc3)n1)CN(C)CCC2. The third-order valence-electron chi connectivity index (χ3n) is 6.08. The largest absolute Gasteiger partial charge is 0.366 e.